The first-order valence-corrected chi connectivity index (χ1v) is 8.09. The van der Waals surface area contributed by atoms with Gasteiger partial charge in [0.1, 0.15) is 0 Å². The normalized spacial score (nSPS) is 12.4. The second-order valence-electron chi connectivity index (χ2n) is 6.04. The second kappa shape index (κ2) is 7.52. The molecule has 0 aliphatic rings. The smallest absolute Gasteiger partial charge is 0.275 e. The number of aromatic nitrogens is 3. The van der Waals surface area contributed by atoms with Crippen molar-refractivity contribution in [3.8, 4) is 11.4 Å². The maximum atomic E-state index is 11.8. The van der Waals surface area contributed by atoms with Crippen LogP contribution in [0.25, 0.3) is 11.4 Å². The van der Waals surface area contributed by atoms with E-state index in [9.17, 15) is 4.79 Å². The summed E-state index contributed by atoms with van der Waals surface area (Å²) in [6, 6.07) is 10.1. The Bertz CT molecular complexity index is 720. The number of amides is 1. The summed E-state index contributed by atoms with van der Waals surface area (Å²) < 4.78 is 4.31. The number of hydrogen-bond acceptors (Lipinski definition) is 3. The van der Waals surface area contributed by atoms with Gasteiger partial charge in [-0.15, -0.1) is 5.10 Å². The number of carbonyl (C=O) groups is 1. The van der Waals surface area contributed by atoms with Crippen LogP contribution >= 0.6 is 12.2 Å². The summed E-state index contributed by atoms with van der Waals surface area (Å²) in [5.41, 5.74) is 1.02. The molecule has 0 radical (unpaired) electrons. The molecule has 2 aromatic rings. The van der Waals surface area contributed by atoms with Gasteiger partial charge in [-0.2, -0.15) is 4.68 Å². The summed E-state index contributed by atoms with van der Waals surface area (Å²) >= 11 is 5.47. The third kappa shape index (κ3) is 4.49. The third-order valence-electron chi connectivity index (χ3n) is 3.40. The Morgan fingerprint density at radius 1 is 1.35 bits per heavy atom. The zero-order chi connectivity index (χ0) is 17.0. The Morgan fingerprint density at radius 3 is 2.61 bits per heavy atom. The van der Waals surface area contributed by atoms with Gasteiger partial charge in [0.25, 0.3) is 5.91 Å². The number of rotatable bonds is 6. The SMILES string of the molecule is CC(C)NC(=O)C[NH+](C)Cn1nc(-c2ccccc2)n(C)c1=S. The average molecular weight is 334 g/mol. The van der Waals surface area contributed by atoms with Crippen LogP contribution in [0, 0.1) is 4.77 Å². The molecule has 0 aliphatic heterocycles. The molecule has 7 heteroatoms. The molecule has 1 aromatic carbocycles. The lowest BCUT2D eigenvalue weighted by Crippen LogP contribution is -3.09. The van der Waals surface area contributed by atoms with Gasteiger partial charge >= 0.3 is 0 Å². The number of likely N-dealkylation sites (N-methyl/N-ethyl adjacent to an activating group) is 1. The van der Waals surface area contributed by atoms with E-state index in [2.05, 4.69) is 10.4 Å². The monoisotopic (exact) mass is 334 g/mol. The maximum absolute atomic E-state index is 11.8. The number of quaternary nitrogens is 1. The fourth-order valence-corrected chi connectivity index (χ4v) is 2.58. The zero-order valence-corrected chi connectivity index (χ0v) is 14.9. The van der Waals surface area contributed by atoms with Crippen LogP contribution in [0.3, 0.4) is 0 Å². The van der Waals surface area contributed by atoms with Crippen LogP contribution in [0.4, 0.5) is 0 Å². The van der Waals surface area contributed by atoms with Crippen LogP contribution in [-0.2, 0) is 18.5 Å². The molecule has 1 amide bonds. The van der Waals surface area contributed by atoms with Crippen molar-refractivity contribution in [1.82, 2.24) is 19.7 Å². The van der Waals surface area contributed by atoms with Crippen LogP contribution in [-0.4, -0.2) is 39.9 Å². The molecule has 0 fully saturated rings. The molecule has 0 saturated heterocycles. The molecule has 1 aromatic heterocycles. The predicted octanol–water partition coefficient (Wildman–Crippen LogP) is 0.615. The van der Waals surface area contributed by atoms with Gasteiger partial charge in [-0.25, -0.2) is 0 Å². The molecule has 2 N–H and O–H groups in total. The molecule has 2 rings (SSSR count). The lowest BCUT2D eigenvalue weighted by molar-refractivity contribution is -0.895. The van der Waals surface area contributed by atoms with E-state index in [4.69, 9.17) is 12.2 Å². The molecule has 0 aliphatic carbocycles. The van der Waals surface area contributed by atoms with Gasteiger partial charge in [0, 0.05) is 18.7 Å². The fraction of sp³-hybridized carbons (Fsp3) is 0.438. The Morgan fingerprint density at radius 2 is 2.00 bits per heavy atom. The Labute approximate surface area is 141 Å². The van der Waals surface area contributed by atoms with Crippen LogP contribution in [0.1, 0.15) is 13.8 Å². The minimum Gasteiger partial charge on any atom is -0.349 e. The molecule has 0 spiro atoms. The average Bonchev–Trinajstić information content (AvgIpc) is 2.75. The Balaban J connectivity index is 2.12. The van der Waals surface area contributed by atoms with Crippen molar-refractivity contribution < 1.29 is 9.69 Å². The summed E-state index contributed by atoms with van der Waals surface area (Å²) in [6.07, 6.45) is 0. The lowest BCUT2D eigenvalue weighted by atomic mass is 10.2. The molecule has 124 valence electrons. The zero-order valence-electron chi connectivity index (χ0n) is 14.0. The summed E-state index contributed by atoms with van der Waals surface area (Å²) in [4.78, 5) is 12.9. The van der Waals surface area contributed by atoms with Crippen LogP contribution in [0.5, 0.6) is 0 Å². The van der Waals surface area contributed by atoms with E-state index < -0.39 is 0 Å². The highest BCUT2D eigenvalue weighted by Crippen LogP contribution is 2.16. The first-order chi connectivity index (χ1) is 10.9. The van der Waals surface area contributed by atoms with Gasteiger partial charge in [0.15, 0.2) is 19.0 Å². The topological polar surface area (TPSA) is 56.3 Å². The van der Waals surface area contributed by atoms with Crippen molar-refractivity contribution in [3.63, 3.8) is 0 Å². The van der Waals surface area contributed by atoms with E-state index in [0.29, 0.717) is 18.0 Å². The highest BCUT2D eigenvalue weighted by Gasteiger charge is 2.15. The molecule has 1 atom stereocenters. The molecule has 0 bridgehead atoms. The van der Waals surface area contributed by atoms with Crippen LogP contribution in [0.15, 0.2) is 30.3 Å². The van der Waals surface area contributed by atoms with Crippen molar-refractivity contribution >= 4 is 18.1 Å². The van der Waals surface area contributed by atoms with Gasteiger partial charge in [-0.05, 0) is 26.1 Å². The van der Waals surface area contributed by atoms with Gasteiger partial charge in [0.05, 0.1) is 7.05 Å². The van der Waals surface area contributed by atoms with E-state index in [1.807, 2.05) is 62.8 Å². The van der Waals surface area contributed by atoms with Crippen LogP contribution < -0.4 is 10.2 Å². The molecule has 1 heterocycles. The van der Waals surface area contributed by atoms with Gasteiger partial charge in [-0.1, -0.05) is 30.3 Å². The minimum atomic E-state index is 0.0308. The highest BCUT2D eigenvalue weighted by molar-refractivity contribution is 7.71. The number of benzene rings is 1. The van der Waals surface area contributed by atoms with Crippen molar-refractivity contribution in [3.05, 3.63) is 35.1 Å². The van der Waals surface area contributed by atoms with Gasteiger partial charge < -0.3 is 14.8 Å². The third-order valence-corrected chi connectivity index (χ3v) is 3.89. The molecule has 0 saturated carbocycles. The van der Waals surface area contributed by atoms with Crippen LogP contribution in [0.2, 0.25) is 0 Å². The van der Waals surface area contributed by atoms with E-state index >= 15 is 0 Å². The van der Waals surface area contributed by atoms with Crippen molar-refractivity contribution in [2.75, 3.05) is 13.6 Å². The standard InChI is InChI=1S/C16H23N5OS/c1-12(2)17-14(22)10-19(3)11-21-16(23)20(4)15(18-21)13-8-6-5-7-9-13/h5-9,12H,10-11H2,1-4H3,(H,17,22)/p+1. The summed E-state index contributed by atoms with van der Waals surface area (Å²) in [6.45, 7) is 4.84. The van der Waals surface area contributed by atoms with Crippen molar-refractivity contribution in [2.45, 2.75) is 26.6 Å². The Kier molecular flexibility index (Phi) is 5.68. The molecule has 23 heavy (non-hydrogen) atoms. The van der Waals surface area contributed by atoms with Crippen molar-refractivity contribution in [1.29, 1.82) is 0 Å². The summed E-state index contributed by atoms with van der Waals surface area (Å²) in [5, 5.41) is 7.51. The molecular formula is C16H24N5OS+. The number of carbonyl (C=O) groups excluding carboxylic acids is 1. The van der Waals surface area contributed by atoms with E-state index in [0.717, 1.165) is 16.3 Å². The van der Waals surface area contributed by atoms with Crippen molar-refractivity contribution in [2.24, 2.45) is 7.05 Å². The molecule has 1 unspecified atom stereocenters. The van der Waals surface area contributed by atoms with Gasteiger partial charge in [0.2, 0.25) is 4.77 Å². The number of nitrogens with zero attached hydrogens (tertiary/aromatic N) is 3. The first kappa shape index (κ1) is 17.4. The highest BCUT2D eigenvalue weighted by atomic mass is 32.1. The summed E-state index contributed by atoms with van der Waals surface area (Å²) in [5.74, 6) is 0.860. The largest absolute Gasteiger partial charge is 0.349 e. The number of nitrogens with one attached hydrogen (secondary N) is 2. The quantitative estimate of drug-likeness (QED) is 0.762. The molecular weight excluding hydrogens is 310 g/mol. The lowest BCUT2D eigenvalue weighted by Gasteiger charge is -2.14. The van der Waals surface area contributed by atoms with E-state index in [1.54, 1.807) is 4.68 Å². The minimum absolute atomic E-state index is 0.0308. The second-order valence-corrected chi connectivity index (χ2v) is 6.41. The Hall–Kier alpha value is -1.99. The first-order valence-electron chi connectivity index (χ1n) is 7.68. The summed E-state index contributed by atoms with van der Waals surface area (Å²) in [7, 11) is 3.87. The predicted molar refractivity (Wildman–Crippen MR) is 92.5 cm³/mol. The fourth-order valence-electron chi connectivity index (χ4n) is 2.39. The number of hydrogen-bond donors (Lipinski definition) is 2. The maximum Gasteiger partial charge on any atom is 0.275 e. The van der Waals surface area contributed by atoms with E-state index in [1.165, 1.54) is 0 Å². The van der Waals surface area contributed by atoms with Gasteiger partial charge in [-0.3, -0.25) is 4.79 Å². The van der Waals surface area contributed by atoms with E-state index in [-0.39, 0.29) is 11.9 Å². The molecule has 6 nitrogen and oxygen atoms in total.